The van der Waals surface area contributed by atoms with Gasteiger partial charge in [-0.1, -0.05) is 30.3 Å². The van der Waals surface area contributed by atoms with Crippen molar-refractivity contribution in [2.75, 3.05) is 6.61 Å². The number of aromatic nitrogens is 1. The van der Waals surface area contributed by atoms with E-state index in [1.165, 1.54) is 12.0 Å². The summed E-state index contributed by atoms with van der Waals surface area (Å²) in [6, 6.07) is 10.5. The van der Waals surface area contributed by atoms with Crippen LogP contribution in [0.5, 0.6) is 0 Å². The Morgan fingerprint density at radius 3 is 2.83 bits per heavy atom. The number of fused-ring (bicyclic) bond motifs is 2. The van der Waals surface area contributed by atoms with Gasteiger partial charge in [-0.05, 0) is 38.2 Å². The maximum atomic E-state index is 13.0. The summed E-state index contributed by atoms with van der Waals surface area (Å²) in [5.41, 5.74) is 1.58. The van der Waals surface area contributed by atoms with E-state index in [-0.39, 0.29) is 30.0 Å². The minimum atomic E-state index is -0.256. The number of benzene rings is 1. The normalized spacial score (nSPS) is 28.5. The standard InChI is InChI=1S/C19H22N2O3/c1-13-17(24-12-20-13)18(23)21-15-7-8-16(21)19(10-15,11-22)9-14-5-3-2-4-6-14/h2-6,12,15-16,22H,7-11H2,1H3/t15-,16+,19-/m1/s1. The summed E-state index contributed by atoms with van der Waals surface area (Å²) in [4.78, 5) is 18.9. The maximum absolute atomic E-state index is 13.0. The van der Waals surface area contributed by atoms with Crippen molar-refractivity contribution in [1.29, 1.82) is 0 Å². The monoisotopic (exact) mass is 326 g/mol. The molecular formula is C19H22N2O3. The number of aliphatic hydroxyl groups excluding tert-OH is 1. The predicted molar refractivity (Wildman–Crippen MR) is 88.5 cm³/mol. The van der Waals surface area contributed by atoms with Crippen LogP contribution >= 0.6 is 0 Å². The van der Waals surface area contributed by atoms with Crippen LogP contribution in [0.25, 0.3) is 0 Å². The number of carbonyl (C=O) groups is 1. The Bertz CT molecular complexity index is 742. The first-order valence-corrected chi connectivity index (χ1v) is 8.52. The second-order valence-corrected chi connectivity index (χ2v) is 7.11. The van der Waals surface area contributed by atoms with E-state index in [1.54, 1.807) is 6.92 Å². The number of hydrogen-bond acceptors (Lipinski definition) is 4. The lowest BCUT2D eigenvalue weighted by Gasteiger charge is -2.36. The summed E-state index contributed by atoms with van der Waals surface area (Å²) >= 11 is 0. The van der Waals surface area contributed by atoms with Gasteiger partial charge in [0.1, 0.15) is 0 Å². The fourth-order valence-corrected chi connectivity index (χ4v) is 4.64. The van der Waals surface area contributed by atoms with E-state index < -0.39 is 0 Å². The Morgan fingerprint density at radius 2 is 2.17 bits per heavy atom. The van der Waals surface area contributed by atoms with Crippen molar-refractivity contribution in [2.24, 2.45) is 5.41 Å². The van der Waals surface area contributed by atoms with Crippen LogP contribution in [0.15, 0.2) is 41.1 Å². The van der Waals surface area contributed by atoms with Crippen LogP contribution < -0.4 is 0 Å². The fourth-order valence-electron chi connectivity index (χ4n) is 4.64. The zero-order valence-corrected chi connectivity index (χ0v) is 13.8. The fraction of sp³-hybridized carbons (Fsp3) is 0.474. The van der Waals surface area contributed by atoms with Crippen LogP contribution in [0.3, 0.4) is 0 Å². The Labute approximate surface area is 141 Å². The largest absolute Gasteiger partial charge is 0.438 e. The highest BCUT2D eigenvalue weighted by molar-refractivity contribution is 5.93. The number of amides is 1. The molecule has 1 aromatic heterocycles. The molecule has 3 atom stereocenters. The van der Waals surface area contributed by atoms with Crippen molar-refractivity contribution in [1.82, 2.24) is 9.88 Å². The minimum Gasteiger partial charge on any atom is -0.438 e. The van der Waals surface area contributed by atoms with Gasteiger partial charge in [-0.15, -0.1) is 0 Å². The first-order valence-electron chi connectivity index (χ1n) is 8.52. The molecule has 0 radical (unpaired) electrons. The zero-order valence-electron chi connectivity index (χ0n) is 13.8. The number of nitrogens with zero attached hydrogens (tertiary/aromatic N) is 2. The molecule has 0 unspecified atom stereocenters. The molecule has 0 aliphatic carbocycles. The van der Waals surface area contributed by atoms with Crippen molar-refractivity contribution < 1.29 is 14.3 Å². The molecule has 2 bridgehead atoms. The summed E-state index contributed by atoms with van der Waals surface area (Å²) in [6.45, 7) is 1.89. The average Bonchev–Trinajstić information content (AvgIpc) is 3.28. The number of rotatable bonds is 4. The van der Waals surface area contributed by atoms with E-state index in [4.69, 9.17) is 4.42 Å². The molecule has 2 aromatic rings. The number of oxazole rings is 1. The van der Waals surface area contributed by atoms with Crippen LogP contribution in [-0.4, -0.2) is 39.6 Å². The maximum Gasteiger partial charge on any atom is 0.292 e. The van der Waals surface area contributed by atoms with Gasteiger partial charge < -0.3 is 14.4 Å². The van der Waals surface area contributed by atoms with Crippen molar-refractivity contribution >= 4 is 5.91 Å². The van der Waals surface area contributed by atoms with Crippen LogP contribution in [0.2, 0.25) is 0 Å². The molecule has 2 aliphatic heterocycles. The van der Waals surface area contributed by atoms with E-state index in [0.29, 0.717) is 11.5 Å². The molecule has 2 aliphatic rings. The molecule has 1 N–H and O–H groups in total. The number of aryl methyl sites for hydroxylation is 1. The van der Waals surface area contributed by atoms with E-state index in [0.717, 1.165) is 25.7 Å². The molecule has 0 saturated carbocycles. The van der Waals surface area contributed by atoms with Gasteiger partial charge in [0.05, 0.1) is 12.3 Å². The van der Waals surface area contributed by atoms with Crippen LogP contribution in [0.1, 0.15) is 41.1 Å². The van der Waals surface area contributed by atoms with Crippen LogP contribution in [-0.2, 0) is 6.42 Å². The van der Waals surface area contributed by atoms with E-state index in [2.05, 4.69) is 17.1 Å². The topological polar surface area (TPSA) is 66.6 Å². The Balaban J connectivity index is 1.63. The minimum absolute atomic E-state index is 0.0599. The molecule has 1 aromatic carbocycles. The van der Waals surface area contributed by atoms with Gasteiger partial charge in [0.25, 0.3) is 5.91 Å². The SMILES string of the molecule is Cc1ncoc1C(=O)N1[C@@H]2CC[C@H]1[C@](CO)(Cc1ccccc1)C2. The molecule has 4 rings (SSSR count). The summed E-state index contributed by atoms with van der Waals surface area (Å²) in [6.07, 6.45) is 4.91. The summed E-state index contributed by atoms with van der Waals surface area (Å²) in [5.74, 6) is 0.251. The predicted octanol–water partition coefficient (Wildman–Crippen LogP) is 2.58. The first kappa shape index (κ1) is 15.4. The van der Waals surface area contributed by atoms with Crippen LogP contribution in [0, 0.1) is 12.3 Å². The quantitative estimate of drug-likeness (QED) is 0.938. The Morgan fingerprint density at radius 1 is 1.38 bits per heavy atom. The molecular weight excluding hydrogens is 304 g/mol. The lowest BCUT2D eigenvalue weighted by atomic mass is 9.70. The summed E-state index contributed by atoms with van der Waals surface area (Å²) in [5, 5.41) is 10.2. The lowest BCUT2D eigenvalue weighted by Crippen LogP contribution is -2.44. The molecule has 24 heavy (non-hydrogen) atoms. The highest BCUT2D eigenvalue weighted by atomic mass is 16.3. The summed E-state index contributed by atoms with van der Waals surface area (Å²) in [7, 11) is 0. The van der Waals surface area contributed by atoms with Gasteiger partial charge in [0, 0.05) is 17.5 Å². The highest BCUT2D eigenvalue weighted by Gasteiger charge is 2.57. The third-order valence-electron chi connectivity index (χ3n) is 5.74. The lowest BCUT2D eigenvalue weighted by molar-refractivity contribution is 0.0546. The highest BCUT2D eigenvalue weighted by Crippen LogP contribution is 2.51. The molecule has 3 heterocycles. The molecule has 0 spiro atoms. The number of carbonyl (C=O) groups excluding carboxylic acids is 1. The summed E-state index contributed by atoms with van der Waals surface area (Å²) < 4.78 is 5.32. The van der Waals surface area contributed by atoms with Gasteiger partial charge >= 0.3 is 0 Å². The third-order valence-corrected chi connectivity index (χ3v) is 5.74. The zero-order chi connectivity index (χ0) is 16.7. The molecule has 5 heteroatoms. The Hall–Kier alpha value is -2.14. The van der Waals surface area contributed by atoms with E-state index in [1.807, 2.05) is 23.1 Å². The van der Waals surface area contributed by atoms with Gasteiger partial charge in [-0.25, -0.2) is 4.98 Å². The average molecular weight is 326 g/mol. The second-order valence-electron chi connectivity index (χ2n) is 7.11. The van der Waals surface area contributed by atoms with Gasteiger partial charge in [0.15, 0.2) is 6.39 Å². The molecule has 5 nitrogen and oxygen atoms in total. The van der Waals surface area contributed by atoms with Gasteiger partial charge in [-0.3, -0.25) is 4.79 Å². The van der Waals surface area contributed by atoms with Crippen molar-refractivity contribution in [3.8, 4) is 0 Å². The molecule has 1 amide bonds. The smallest absolute Gasteiger partial charge is 0.292 e. The number of hydrogen-bond donors (Lipinski definition) is 1. The van der Waals surface area contributed by atoms with Gasteiger partial charge in [0.2, 0.25) is 5.76 Å². The molecule has 126 valence electrons. The van der Waals surface area contributed by atoms with E-state index >= 15 is 0 Å². The van der Waals surface area contributed by atoms with Crippen molar-refractivity contribution in [2.45, 2.75) is 44.7 Å². The van der Waals surface area contributed by atoms with Crippen LogP contribution in [0.4, 0.5) is 0 Å². The van der Waals surface area contributed by atoms with E-state index in [9.17, 15) is 9.90 Å². The van der Waals surface area contributed by atoms with Crippen molar-refractivity contribution in [3.63, 3.8) is 0 Å². The third kappa shape index (κ3) is 2.26. The van der Waals surface area contributed by atoms with Crippen molar-refractivity contribution in [3.05, 3.63) is 53.7 Å². The molecule has 2 saturated heterocycles. The second kappa shape index (κ2) is 5.74. The number of aliphatic hydroxyl groups is 1. The first-order chi connectivity index (χ1) is 11.6. The van der Waals surface area contributed by atoms with Gasteiger partial charge in [-0.2, -0.15) is 0 Å². The Kier molecular flexibility index (Phi) is 3.68. The molecule has 2 fully saturated rings.